The largest absolute Gasteiger partial charge is 0.493 e. The second-order valence-electron chi connectivity index (χ2n) is 5.33. The highest BCUT2D eigenvalue weighted by atomic mass is 16.5. The zero-order chi connectivity index (χ0) is 15.0. The molecule has 0 aliphatic rings. The lowest BCUT2D eigenvalue weighted by Gasteiger charge is -2.15. The molecule has 0 bridgehead atoms. The molecule has 20 heavy (non-hydrogen) atoms. The summed E-state index contributed by atoms with van der Waals surface area (Å²) in [7, 11) is 0. The van der Waals surface area contributed by atoms with Gasteiger partial charge in [-0.25, -0.2) is 0 Å². The Labute approximate surface area is 123 Å². The molecule has 114 valence electrons. The predicted molar refractivity (Wildman–Crippen MR) is 84.5 cm³/mol. The number of benzene rings is 1. The molecule has 3 heteroatoms. The van der Waals surface area contributed by atoms with E-state index in [-0.39, 0.29) is 6.04 Å². The Morgan fingerprint density at radius 2 is 1.75 bits per heavy atom. The Balaban J connectivity index is 2.59. The van der Waals surface area contributed by atoms with E-state index in [1.54, 1.807) is 0 Å². The summed E-state index contributed by atoms with van der Waals surface area (Å²) < 4.78 is 11.2. The van der Waals surface area contributed by atoms with Crippen LogP contribution in [0.15, 0.2) is 12.1 Å². The molecule has 0 aliphatic heterocycles. The number of hydrogen-bond acceptors (Lipinski definition) is 3. The molecule has 0 aromatic heterocycles. The van der Waals surface area contributed by atoms with Crippen molar-refractivity contribution in [1.29, 1.82) is 0 Å². The fourth-order valence-electron chi connectivity index (χ4n) is 2.31. The van der Waals surface area contributed by atoms with Crippen LogP contribution in [0.25, 0.3) is 0 Å². The van der Waals surface area contributed by atoms with E-state index in [1.165, 1.54) is 16.7 Å². The predicted octanol–water partition coefficient (Wildman–Crippen LogP) is 3.39. The molecule has 1 aromatic rings. The monoisotopic (exact) mass is 279 g/mol. The summed E-state index contributed by atoms with van der Waals surface area (Å²) in [5.74, 6) is 1.01. The number of hydrogen-bond donors (Lipinski definition) is 1. The number of nitrogens with two attached hydrogens (primary N) is 1. The van der Waals surface area contributed by atoms with Gasteiger partial charge in [0.1, 0.15) is 5.75 Å². The first kappa shape index (κ1) is 17.0. The van der Waals surface area contributed by atoms with Crippen LogP contribution in [-0.2, 0) is 11.2 Å². The van der Waals surface area contributed by atoms with Crippen LogP contribution < -0.4 is 10.5 Å². The maximum absolute atomic E-state index is 6.02. The summed E-state index contributed by atoms with van der Waals surface area (Å²) in [5, 5.41) is 0. The Morgan fingerprint density at radius 3 is 2.30 bits per heavy atom. The van der Waals surface area contributed by atoms with Gasteiger partial charge in [0.25, 0.3) is 0 Å². The highest BCUT2D eigenvalue weighted by Gasteiger charge is 2.08. The van der Waals surface area contributed by atoms with Crippen molar-refractivity contribution >= 4 is 0 Å². The van der Waals surface area contributed by atoms with Crippen molar-refractivity contribution in [3.05, 3.63) is 28.8 Å². The van der Waals surface area contributed by atoms with E-state index in [9.17, 15) is 0 Å². The summed E-state index contributed by atoms with van der Waals surface area (Å²) >= 11 is 0. The van der Waals surface area contributed by atoms with Crippen molar-refractivity contribution in [2.45, 2.75) is 53.0 Å². The molecular weight excluding hydrogens is 250 g/mol. The minimum Gasteiger partial charge on any atom is -0.493 e. The van der Waals surface area contributed by atoms with E-state index < -0.39 is 0 Å². The van der Waals surface area contributed by atoms with Crippen molar-refractivity contribution in [2.75, 3.05) is 19.8 Å². The van der Waals surface area contributed by atoms with Gasteiger partial charge in [-0.2, -0.15) is 0 Å². The van der Waals surface area contributed by atoms with Gasteiger partial charge in [0.15, 0.2) is 0 Å². The van der Waals surface area contributed by atoms with Crippen molar-refractivity contribution in [3.63, 3.8) is 0 Å². The minimum atomic E-state index is 0.242. The summed E-state index contributed by atoms with van der Waals surface area (Å²) in [6, 6.07) is 4.63. The summed E-state index contributed by atoms with van der Waals surface area (Å²) in [6.45, 7) is 10.6. The second-order valence-corrected chi connectivity index (χ2v) is 5.33. The quantitative estimate of drug-likeness (QED) is 0.705. The molecule has 0 amide bonds. The van der Waals surface area contributed by atoms with Crippen molar-refractivity contribution in [1.82, 2.24) is 0 Å². The molecule has 1 aromatic carbocycles. The van der Waals surface area contributed by atoms with Gasteiger partial charge < -0.3 is 15.2 Å². The molecule has 0 heterocycles. The number of ether oxygens (including phenoxy) is 2. The standard InChI is InChI=1S/C17H29NO2/c1-5-16(18)12-15-10-13(3)17(14(4)11-15)20-9-7-8-19-6-2/h10-11,16H,5-9,12,18H2,1-4H3. The fraction of sp³-hybridized carbons (Fsp3) is 0.647. The molecule has 3 nitrogen and oxygen atoms in total. The van der Waals surface area contributed by atoms with Crippen LogP contribution in [0.2, 0.25) is 0 Å². The van der Waals surface area contributed by atoms with E-state index in [0.29, 0.717) is 6.61 Å². The van der Waals surface area contributed by atoms with Gasteiger partial charge in [0.05, 0.1) is 6.61 Å². The highest BCUT2D eigenvalue weighted by molar-refractivity contribution is 5.43. The van der Waals surface area contributed by atoms with Gasteiger partial charge in [-0.15, -0.1) is 0 Å². The van der Waals surface area contributed by atoms with Crippen molar-refractivity contribution < 1.29 is 9.47 Å². The van der Waals surface area contributed by atoms with Gasteiger partial charge in [0.2, 0.25) is 0 Å². The number of aryl methyl sites for hydroxylation is 2. The molecular formula is C17H29NO2. The van der Waals surface area contributed by atoms with Crippen LogP contribution in [-0.4, -0.2) is 25.9 Å². The Morgan fingerprint density at radius 1 is 1.10 bits per heavy atom. The minimum absolute atomic E-state index is 0.242. The third-order valence-corrected chi connectivity index (χ3v) is 3.43. The van der Waals surface area contributed by atoms with Crippen molar-refractivity contribution in [2.24, 2.45) is 5.73 Å². The molecule has 0 spiro atoms. The van der Waals surface area contributed by atoms with E-state index in [4.69, 9.17) is 15.2 Å². The van der Waals surface area contributed by atoms with E-state index in [0.717, 1.165) is 38.2 Å². The van der Waals surface area contributed by atoms with Crippen LogP contribution >= 0.6 is 0 Å². The Kier molecular flexibility index (Phi) is 7.63. The molecule has 1 atom stereocenters. The van der Waals surface area contributed by atoms with Gasteiger partial charge in [-0.1, -0.05) is 19.1 Å². The Hall–Kier alpha value is -1.06. The SMILES string of the molecule is CCOCCCOc1c(C)cc(CC(N)CC)cc1C. The topological polar surface area (TPSA) is 44.5 Å². The lowest BCUT2D eigenvalue weighted by Crippen LogP contribution is -2.21. The van der Waals surface area contributed by atoms with Gasteiger partial charge >= 0.3 is 0 Å². The Bertz CT molecular complexity index is 381. The van der Waals surface area contributed by atoms with Crippen LogP contribution in [0.4, 0.5) is 0 Å². The zero-order valence-corrected chi connectivity index (χ0v) is 13.4. The normalized spacial score (nSPS) is 12.4. The van der Waals surface area contributed by atoms with Crippen LogP contribution in [0.1, 0.15) is 43.4 Å². The zero-order valence-electron chi connectivity index (χ0n) is 13.4. The van der Waals surface area contributed by atoms with E-state index in [1.807, 2.05) is 6.92 Å². The van der Waals surface area contributed by atoms with Crippen molar-refractivity contribution in [3.8, 4) is 5.75 Å². The molecule has 1 unspecified atom stereocenters. The molecule has 0 saturated carbocycles. The van der Waals surface area contributed by atoms with E-state index in [2.05, 4.69) is 32.9 Å². The maximum atomic E-state index is 6.02. The molecule has 0 radical (unpaired) electrons. The average Bonchev–Trinajstić information content (AvgIpc) is 2.41. The average molecular weight is 279 g/mol. The summed E-state index contributed by atoms with van der Waals surface area (Å²) in [6.07, 6.45) is 2.87. The van der Waals surface area contributed by atoms with E-state index >= 15 is 0 Å². The molecule has 0 fully saturated rings. The maximum Gasteiger partial charge on any atom is 0.125 e. The fourth-order valence-corrected chi connectivity index (χ4v) is 2.31. The lowest BCUT2D eigenvalue weighted by atomic mass is 9.99. The third kappa shape index (κ3) is 5.51. The number of rotatable bonds is 9. The summed E-state index contributed by atoms with van der Waals surface area (Å²) in [5.41, 5.74) is 9.71. The van der Waals surface area contributed by atoms with Gasteiger partial charge in [0, 0.05) is 25.7 Å². The first-order valence-electron chi connectivity index (χ1n) is 7.64. The van der Waals surface area contributed by atoms with Crippen LogP contribution in [0, 0.1) is 13.8 Å². The molecule has 2 N–H and O–H groups in total. The highest BCUT2D eigenvalue weighted by Crippen LogP contribution is 2.25. The lowest BCUT2D eigenvalue weighted by molar-refractivity contribution is 0.130. The van der Waals surface area contributed by atoms with Crippen LogP contribution in [0.3, 0.4) is 0 Å². The summed E-state index contributed by atoms with van der Waals surface area (Å²) in [4.78, 5) is 0. The smallest absolute Gasteiger partial charge is 0.125 e. The molecule has 1 rings (SSSR count). The van der Waals surface area contributed by atoms with Gasteiger partial charge in [-0.3, -0.25) is 0 Å². The third-order valence-electron chi connectivity index (χ3n) is 3.43. The second kappa shape index (κ2) is 8.98. The van der Waals surface area contributed by atoms with Crippen LogP contribution in [0.5, 0.6) is 5.75 Å². The van der Waals surface area contributed by atoms with Gasteiger partial charge in [-0.05, 0) is 50.3 Å². The first-order chi connectivity index (χ1) is 9.58. The first-order valence-corrected chi connectivity index (χ1v) is 7.64. The molecule has 0 saturated heterocycles. The molecule has 0 aliphatic carbocycles.